The van der Waals surface area contributed by atoms with E-state index in [4.69, 9.17) is 0 Å². The first kappa shape index (κ1) is 15.8. The van der Waals surface area contributed by atoms with Crippen LogP contribution in [0.1, 0.15) is 51.0 Å². The maximum atomic E-state index is 3.61. The van der Waals surface area contributed by atoms with E-state index in [1.165, 1.54) is 65.4 Å². The lowest BCUT2D eigenvalue weighted by atomic mass is 10.0. The van der Waals surface area contributed by atoms with Gasteiger partial charge < -0.3 is 0 Å². The fraction of sp³-hybridized carbons (Fsp3) is 0.444. The summed E-state index contributed by atoms with van der Waals surface area (Å²) < 4.78 is 1.22. The van der Waals surface area contributed by atoms with Gasteiger partial charge in [-0.2, -0.15) is 0 Å². The van der Waals surface area contributed by atoms with Gasteiger partial charge in [0, 0.05) is 5.56 Å². The normalized spacial score (nSPS) is 10.9. The number of benzene rings is 1. The van der Waals surface area contributed by atoms with Crippen molar-refractivity contribution in [2.75, 3.05) is 0 Å². The van der Waals surface area contributed by atoms with E-state index in [-0.39, 0.29) is 0 Å². The molecule has 2 aromatic rings. The SMILES string of the molecule is CCCCCCCCc1ccc(-c2ccsc2Br)cc1. The van der Waals surface area contributed by atoms with Gasteiger partial charge in [-0.15, -0.1) is 11.3 Å². The number of unbranched alkanes of at least 4 members (excludes halogenated alkanes) is 5. The fourth-order valence-electron chi connectivity index (χ4n) is 2.46. The number of rotatable bonds is 8. The van der Waals surface area contributed by atoms with E-state index in [0.29, 0.717) is 0 Å². The van der Waals surface area contributed by atoms with Crippen molar-refractivity contribution < 1.29 is 0 Å². The summed E-state index contributed by atoms with van der Waals surface area (Å²) in [6.07, 6.45) is 9.44. The highest BCUT2D eigenvalue weighted by molar-refractivity contribution is 9.11. The summed E-state index contributed by atoms with van der Waals surface area (Å²) in [5, 5.41) is 2.13. The highest BCUT2D eigenvalue weighted by atomic mass is 79.9. The highest BCUT2D eigenvalue weighted by Gasteiger charge is 2.03. The second kappa shape index (κ2) is 8.63. The van der Waals surface area contributed by atoms with Crippen LogP contribution in [0, 0.1) is 0 Å². The molecule has 0 aliphatic rings. The minimum atomic E-state index is 1.22. The van der Waals surface area contributed by atoms with Crippen LogP contribution in [-0.2, 0) is 6.42 Å². The molecule has 2 rings (SSSR count). The van der Waals surface area contributed by atoms with Crippen molar-refractivity contribution >= 4 is 27.3 Å². The highest BCUT2D eigenvalue weighted by Crippen LogP contribution is 2.32. The van der Waals surface area contributed by atoms with Crippen LogP contribution in [0.2, 0.25) is 0 Å². The van der Waals surface area contributed by atoms with Gasteiger partial charge in [-0.1, -0.05) is 63.3 Å². The Bertz CT molecular complexity index is 498. The minimum absolute atomic E-state index is 1.22. The quantitative estimate of drug-likeness (QED) is 0.446. The topological polar surface area (TPSA) is 0 Å². The van der Waals surface area contributed by atoms with Gasteiger partial charge in [-0.25, -0.2) is 0 Å². The zero-order chi connectivity index (χ0) is 14.2. The Morgan fingerprint density at radius 3 is 2.25 bits per heavy atom. The van der Waals surface area contributed by atoms with E-state index >= 15 is 0 Å². The lowest BCUT2D eigenvalue weighted by Crippen LogP contribution is -1.86. The molecule has 1 heterocycles. The molecule has 0 saturated heterocycles. The Hall–Kier alpha value is -0.600. The molecular formula is C18H23BrS. The molecular weight excluding hydrogens is 328 g/mol. The van der Waals surface area contributed by atoms with Crippen molar-refractivity contribution in [1.82, 2.24) is 0 Å². The van der Waals surface area contributed by atoms with E-state index in [9.17, 15) is 0 Å². The molecule has 0 fully saturated rings. The number of thiophene rings is 1. The zero-order valence-electron chi connectivity index (χ0n) is 12.2. The lowest BCUT2D eigenvalue weighted by molar-refractivity contribution is 0.607. The van der Waals surface area contributed by atoms with Crippen LogP contribution < -0.4 is 0 Å². The van der Waals surface area contributed by atoms with Crippen LogP contribution in [0.15, 0.2) is 39.5 Å². The predicted molar refractivity (Wildman–Crippen MR) is 94.5 cm³/mol. The van der Waals surface area contributed by atoms with Crippen molar-refractivity contribution in [2.24, 2.45) is 0 Å². The van der Waals surface area contributed by atoms with Gasteiger partial charge in [0.15, 0.2) is 0 Å². The molecule has 1 aromatic heterocycles. The second-order valence-electron chi connectivity index (χ2n) is 5.32. The molecule has 0 amide bonds. The second-order valence-corrected chi connectivity index (χ2v) is 7.56. The summed E-state index contributed by atoms with van der Waals surface area (Å²) in [6, 6.07) is 11.2. The molecule has 20 heavy (non-hydrogen) atoms. The van der Waals surface area contributed by atoms with Gasteiger partial charge in [0.2, 0.25) is 0 Å². The molecule has 0 nitrogen and oxygen atoms in total. The van der Waals surface area contributed by atoms with Crippen molar-refractivity contribution in [1.29, 1.82) is 0 Å². The van der Waals surface area contributed by atoms with Gasteiger partial charge in [-0.3, -0.25) is 0 Å². The van der Waals surface area contributed by atoms with E-state index < -0.39 is 0 Å². The molecule has 0 atom stereocenters. The van der Waals surface area contributed by atoms with Crippen LogP contribution >= 0.6 is 27.3 Å². The minimum Gasteiger partial charge on any atom is -0.136 e. The van der Waals surface area contributed by atoms with Gasteiger partial charge >= 0.3 is 0 Å². The monoisotopic (exact) mass is 350 g/mol. The van der Waals surface area contributed by atoms with Crippen LogP contribution in [0.25, 0.3) is 11.1 Å². The summed E-state index contributed by atoms with van der Waals surface area (Å²) >= 11 is 5.36. The Balaban J connectivity index is 1.79. The third-order valence-electron chi connectivity index (χ3n) is 3.70. The maximum Gasteiger partial charge on any atom is 0.0776 e. The van der Waals surface area contributed by atoms with Gasteiger partial charge in [0.25, 0.3) is 0 Å². The predicted octanol–water partition coefficient (Wildman–Crippen LogP) is 7.08. The van der Waals surface area contributed by atoms with Crippen molar-refractivity contribution in [3.63, 3.8) is 0 Å². The van der Waals surface area contributed by atoms with Gasteiger partial charge in [0.05, 0.1) is 3.79 Å². The number of halogens is 1. The summed E-state index contributed by atoms with van der Waals surface area (Å²) in [6.45, 7) is 2.27. The van der Waals surface area contributed by atoms with E-state index in [2.05, 4.69) is 58.6 Å². The summed E-state index contributed by atoms with van der Waals surface area (Å²) in [5.41, 5.74) is 4.08. The first-order chi connectivity index (χ1) is 9.81. The number of aryl methyl sites for hydroxylation is 1. The fourth-order valence-corrected chi connectivity index (χ4v) is 3.78. The molecule has 0 saturated carbocycles. The molecule has 0 unspecified atom stereocenters. The van der Waals surface area contributed by atoms with Gasteiger partial charge in [0.1, 0.15) is 0 Å². The van der Waals surface area contributed by atoms with Crippen LogP contribution in [0.4, 0.5) is 0 Å². The summed E-state index contributed by atoms with van der Waals surface area (Å²) in [5.74, 6) is 0. The average Bonchev–Trinajstić information content (AvgIpc) is 2.90. The Morgan fingerprint density at radius 2 is 1.60 bits per heavy atom. The molecule has 0 aliphatic carbocycles. The first-order valence-electron chi connectivity index (χ1n) is 7.63. The smallest absolute Gasteiger partial charge is 0.0776 e. The summed E-state index contributed by atoms with van der Waals surface area (Å²) in [4.78, 5) is 0. The standard InChI is InChI=1S/C18H23BrS/c1-2-3-4-5-6-7-8-15-9-11-16(12-10-15)17-13-14-20-18(17)19/h9-14H,2-8H2,1H3. The molecule has 108 valence electrons. The molecule has 0 aliphatic heterocycles. The van der Waals surface area contributed by atoms with Crippen molar-refractivity contribution in [3.05, 3.63) is 45.1 Å². The molecule has 0 spiro atoms. The van der Waals surface area contributed by atoms with Crippen LogP contribution in [0.3, 0.4) is 0 Å². The van der Waals surface area contributed by atoms with Crippen LogP contribution in [0.5, 0.6) is 0 Å². The molecule has 0 radical (unpaired) electrons. The van der Waals surface area contributed by atoms with Crippen molar-refractivity contribution in [3.8, 4) is 11.1 Å². The molecule has 2 heteroatoms. The van der Waals surface area contributed by atoms with Crippen LogP contribution in [-0.4, -0.2) is 0 Å². The Morgan fingerprint density at radius 1 is 0.900 bits per heavy atom. The third-order valence-corrected chi connectivity index (χ3v) is 5.39. The maximum absolute atomic E-state index is 3.61. The van der Waals surface area contributed by atoms with E-state index in [1.54, 1.807) is 11.3 Å². The molecule has 0 N–H and O–H groups in total. The zero-order valence-corrected chi connectivity index (χ0v) is 14.6. The third kappa shape index (κ3) is 4.75. The lowest BCUT2D eigenvalue weighted by Gasteiger charge is -2.04. The number of hydrogen-bond acceptors (Lipinski definition) is 1. The van der Waals surface area contributed by atoms with E-state index in [0.717, 1.165) is 0 Å². The average molecular weight is 351 g/mol. The van der Waals surface area contributed by atoms with E-state index in [1.807, 2.05) is 0 Å². The van der Waals surface area contributed by atoms with Crippen molar-refractivity contribution in [2.45, 2.75) is 51.9 Å². The molecule has 0 bridgehead atoms. The largest absolute Gasteiger partial charge is 0.136 e. The first-order valence-corrected chi connectivity index (χ1v) is 9.31. The summed E-state index contributed by atoms with van der Waals surface area (Å²) in [7, 11) is 0. The van der Waals surface area contributed by atoms with Gasteiger partial charge in [-0.05, 0) is 51.3 Å². The number of hydrogen-bond donors (Lipinski definition) is 0. The molecule has 1 aromatic carbocycles. The Kier molecular flexibility index (Phi) is 6.81. The Labute approximate surface area is 135 Å².